The van der Waals surface area contributed by atoms with Crippen molar-refractivity contribution in [1.29, 1.82) is 0 Å². The lowest BCUT2D eigenvalue weighted by Gasteiger charge is -2.32. The van der Waals surface area contributed by atoms with Crippen molar-refractivity contribution in [2.45, 2.75) is 38.0 Å². The van der Waals surface area contributed by atoms with Crippen molar-refractivity contribution in [1.82, 2.24) is 4.90 Å². The van der Waals surface area contributed by atoms with Crippen molar-refractivity contribution >= 4 is 0 Å². The summed E-state index contributed by atoms with van der Waals surface area (Å²) in [6.45, 7) is 6.74. The van der Waals surface area contributed by atoms with E-state index in [0.717, 1.165) is 57.5 Å². The third-order valence-corrected chi connectivity index (χ3v) is 3.72. The number of unbranched alkanes of at least 4 members (excludes halogenated alkanes) is 1. The summed E-state index contributed by atoms with van der Waals surface area (Å²) in [5.74, 6) is 0.307. The molecule has 5 heteroatoms. The molecule has 0 amide bonds. The Morgan fingerprint density at radius 2 is 1.95 bits per heavy atom. The largest absolute Gasteiger partial charge is 0.490 e. The number of benzene rings is 1. The van der Waals surface area contributed by atoms with Crippen molar-refractivity contribution in [2.24, 2.45) is 0 Å². The van der Waals surface area contributed by atoms with Gasteiger partial charge in [0.05, 0.1) is 5.56 Å². The number of hydrogen-bond donors (Lipinski definition) is 0. The van der Waals surface area contributed by atoms with Gasteiger partial charge in [-0.2, -0.15) is 13.2 Å². The molecule has 0 aromatic heterocycles. The molecule has 1 aliphatic heterocycles. The van der Waals surface area contributed by atoms with E-state index >= 15 is 0 Å². The van der Waals surface area contributed by atoms with Gasteiger partial charge < -0.3 is 9.64 Å². The van der Waals surface area contributed by atoms with E-state index in [-0.39, 0.29) is 6.10 Å². The number of ether oxygens (including phenoxy) is 1. The molecule has 1 aliphatic rings. The Labute approximate surface area is 123 Å². The van der Waals surface area contributed by atoms with Crippen LogP contribution in [0, 0.1) is 6.92 Å². The molecule has 0 unspecified atom stereocenters. The SMILES string of the molecule is [CH2]CCCN1CCC(Oc2cccc(C(F)(F)F)c2)CC1. The summed E-state index contributed by atoms with van der Waals surface area (Å²) >= 11 is 0. The van der Waals surface area contributed by atoms with Crippen molar-refractivity contribution < 1.29 is 17.9 Å². The molecule has 117 valence electrons. The molecule has 0 N–H and O–H groups in total. The van der Waals surface area contributed by atoms with Gasteiger partial charge in [-0.05, 0) is 44.0 Å². The second kappa shape index (κ2) is 7.16. The predicted molar refractivity (Wildman–Crippen MR) is 76.1 cm³/mol. The molecule has 0 bridgehead atoms. The van der Waals surface area contributed by atoms with E-state index in [1.807, 2.05) is 0 Å². The van der Waals surface area contributed by atoms with Crippen LogP contribution < -0.4 is 4.74 Å². The number of piperidine rings is 1. The van der Waals surface area contributed by atoms with Crippen molar-refractivity contribution in [3.63, 3.8) is 0 Å². The number of alkyl halides is 3. The Hall–Kier alpha value is -1.23. The fraction of sp³-hybridized carbons (Fsp3) is 0.562. The van der Waals surface area contributed by atoms with Gasteiger partial charge in [0, 0.05) is 13.1 Å². The van der Waals surface area contributed by atoms with Crippen LogP contribution in [-0.4, -0.2) is 30.6 Å². The fourth-order valence-corrected chi connectivity index (χ4v) is 2.52. The van der Waals surface area contributed by atoms with Crippen LogP contribution in [0.5, 0.6) is 5.75 Å². The first-order chi connectivity index (χ1) is 9.99. The van der Waals surface area contributed by atoms with E-state index in [2.05, 4.69) is 11.8 Å². The molecule has 0 aliphatic carbocycles. The molecule has 0 spiro atoms. The summed E-state index contributed by atoms with van der Waals surface area (Å²) in [5.41, 5.74) is -0.659. The van der Waals surface area contributed by atoms with Gasteiger partial charge in [0.1, 0.15) is 11.9 Å². The zero-order valence-electron chi connectivity index (χ0n) is 12.0. The highest BCUT2D eigenvalue weighted by atomic mass is 19.4. The van der Waals surface area contributed by atoms with Gasteiger partial charge in [0.15, 0.2) is 0 Å². The molecule has 1 fully saturated rings. The molecule has 21 heavy (non-hydrogen) atoms. The van der Waals surface area contributed by atoms with Crippen LogP contribution in [0.25, 0.3) is 0 Å². The van der Waals surface area contributed by atoms with Crippen LogP contribution in [0.3, 0.4) is 0 Å². The van der Waals surface area contributed by atoms with Crippen molar-refractivity contribution in [3.8, 4) is 5.75 Å². The summed E-state index contributed by atoms with van der Waals surface area (Å²) in [7, 11) is 0. The number of hydrogen-bond acceptors (Lipinski definition) is 2. The van der Waals surface area contributed by atoms with E-state index in [9.17, 15) is 13.2 Å². The van der Waals surface area contributed by atoms with Gasteiger partial charge in [-0.1, -0.05) is 19.4 Å². The summed E-state index contributed by atoms with van der Waals surface area (Å²) in [6.07, 6.45) is -0.596. The minimum absolute atomic E-state index is 0.00415. The minimum atomic E-state index is -4.32. The quantitative estimate of drug-likeness (QED) is 0.809. The minimum Gasteiger partial charge on any atom is -0.490 e. The molecule has 0 saturated carbocycles. The summed E-state index contributed by atoms with van der Waals surface area (Å²) in [4.78, 5) is 2.36. The first-order valence-electron chi connectivity index (χ1n) is 7.34. The molecule has 2 nitrogen and oxygen atoms in total. The lowest BCUT2D eigenvalue weighted by atomic mass is 10.1. The van der Waals surface area contributed by atoms with E-state index in [1.165, 1.54) is 6.07 Å². The second-order valence-electron chi connectivity index (χ2n) is 5.39. The molecule has 1 saturated heterocycles. The van der Waals surface area contributed by atoms with Gasteiger partial charge in [0.25, 0.3) is 0 Å². The lowest BCUT2D eigenvalue weighted by molar-refractivity contribution is -0.137. The van der Waals surface area contributed by atoms with Crippen LogP contribution in [-0.2, 0) is 6.18 Å². The molecule has 2 rings (SSSR count). The Balaban J connectivity index is 1.86. The van der Waals surface area contributed by atoms with Gasteiger partial charge in [-0.15, -0.1) is 0 Å². The highest BCUT2D eigenvalue weighted by molar-refractivity contribution is 5.30. The Morgan fingerprint density at radius 3 is 2.57 bits per heavy atom. The fourth-order valence-electron chi connectivity index (χ4n) is 2.52. The smallest absolute Gasteiger partial charge is 0.416 e. The Bertz CT molecular complexity index is 439. The molecule has 1 radical (unpaired) electrons. The standard InChI is InChI=1S/C16H21F3NO/c1-2-3-9-20-10-7-14(8-11-20)21-15-6-4-5-13(12-15)16(17,18)19/h4-6,12,14H,1-3,7-11H2. The molecule has 1 aromatic carbocycles. The molecule has 1 heterocycles. The maximum atomic E-state index is 12.6. The van der Waals surface area contributed by atoms with E-state index in [0.29, 0.717) is 5.75 Å². The van der Waals surface area contributed by atoms with Crippen LogP contribution in [0.4, 0.5) is 13.2 Å². The van der Waals surface area contributed by atoms with Crippen LogP contribution >= 0.6 is 0 Å². The molecule has 0 atom stereocenters. The summed E-state index contributed by atoms with van der Waals surface area (Å²) in [5, 5.41) is 0. The van der Waals surface area contributed by atoms with E-state index < -0.39 is 11.7 Å². The first-order valence-corrected chi connectivity index (χ1v) is 7.34. The highest BCUT2D eigenvalue weighted by Gasteiger charge is 2.31. The number of nitrogens with zero attached hydrogens (tertiary/aromatic N) is 1. The lowest BCUT2D eigenvalue weighted by Crippen LogP contribution is -2.38. The molecule has 1 aromatic rings. The zero-order chi connectivity index (χ0) is 15.3. The van der Waals surface area contributed by atoms with Gasteiger partial charge in [-0.25, -0.2) is 0 Å². The molecular weight excluding hydrogens is 279 g/mol. The Morgan fingerprint density at radius 1 is 1.24 bits per heavy atom. The van der Waals surface area contributed by atoms with E-state index in [1.54, 1.807) is 6.07 Å². The maximum Gasteiger partial charge on any atom is 0.416 e. The van der Waals surface area contributed by atoms with E-state index in [4.69, 9.17) is 4.74 Å². The van der Waals surface area contributed by atoms with Gasteiger partial charge in [0.2, 0.25) is 0 Å². The molecular formula is C16H21F3NO. The third-order valence-electron chi connectivity index (χ3n) is 3.72. The van der Waals surface area contributed by atoms with Crippen LogP contribution in [0.15, 0.2) is 24.3 Å². The predicted octanol–water partition coefficient (Wildman–Crippen LogP) is 4.16. The normalized spacial score (nSPS) is 17.9. The van der Waals surface area contributed by atoms with Crippen LogP contribution in [0.1, 0.15) is 31.2 Å². The highest BCUT2D eigenvalue weighted by Crippen LogP contribution is 2.32. The number of likely N-dealkylation sites (tertiary alicyclic amines) is 1. The topological polar surface area (TPSA) is 12.5 Å². The van der Waals surface area contributed by atoms with Gasteiger partial charge in [-0.3, -0.25) is 0 Å². The second-order valence-corrected chi connectivity index (χ2v) is 5.39. The van der Waals surface area contributed by atoms with Gasteiger partial charge >= 0.3 is 6.18 Å². The average molecular weight is 300 g/mol. The zero-order valence-corrected chi connectivity index (χ0v) is 12.0. The third kappa shape index (κ3) is 4.92. The maximum absolute atomic E-state index is 12.6. The monoisotopic (exact) mass is 300 g/mol. The van der Waals surface area contributed by atoms with Crippen molar-refractivity contribution in [2.75, 3.05) is 19.6 Å². The first kappa shape index (κ1) is 16.1. The summed E-state index contributed by atoms with van der Waals surface area (Å²) in [6, 6.07) is 5.12. The number of halogens is 3. The average Bonchev–Trinajstić information content (AvgIpc) is 2.46. The van der Waals surface area contributed by atoms with Crippen LogP contribution in [0.2, 0.25) is 0 Å². The summed E-state index contributed by atoms with van der Waals surface area (Å²) < 4.78 is 43.7. The van der Waals surface area contributed by atoms with Crippen molar-refractivity contribution in [3.05, 3.63) is 36.8 Å². The number of rotatable bonds is 5. The Kier molecular flexibility index (Phi) is 5.51.